The van der Waals surface area contributed by atoms with Crippen LogP contribution >= 0.6 is 22.6 Å². The molecule has 1 aromatic rings. The van der Waals surface area contributed by atoms with Gasteiger partial charge in [-0.25, -0.2) is 0 Å². The number of piperidine rings is 1. The summed E-state index contributed by atoms with van der Waals surface area (Å²) in [6.07, 6.45) is 1.17. The van der Waals surface area contributed by atoms with Crippen molar-refractivity contribution >= 4 is 28.4 Å². The van der Waals surface area contributed by atoms with E-state index in [0.29, 0.717) is 12.0 Å². The summed E-state index contributed by atoms with van der Waals surface area (Å²) < 4.78 is 0.937. The number of rotatable bonds is 2. The van der Waals surface area contributed by atoms with Crippen LogP contribution in [0.5, 0.6) is 0 Å². The lowest BCUT2D eigenvalue weighted by Gasteiger charge is -2.51. The Balaban J connectivity index is 2.19. The quantitative estimate of drug-likeness (QED) is 0.746. The molecule has 2 unspecified atom stereocenters. The van der Waals surface area contributed by atoms with Crippen LogP contribution in [0.25, 0.3) is 0 Å². The van der Waals surface area contributed by atoms with Gasteiger partial charge in [-0.1, -0.05) is 6.92 Å². The van der Waals surface area contributed by atoms with Gasteiger partial charge in [0.1, 0.15) is 3.70 Å². The number of aromatic nitrogens is 2. The van der Waals surface area contributed by atoms with Crippen LogP contribution < -0.4 is 4.90 Å². The second-order valence-electron chi connectivity index (χ2n) is 6.05. The molecule has 2 rings (SSSR count). The van der Waals surface area contributed by atoms with E-state index in [1.54, 1.807) is 0 Å². The number of hydrogen-bond acceptors (Lipinski definition) is 4. The Bertz CT molecular complexity index is 432. The van der Waals surface area contributed by atoms with Crippen LogP contribution in [0.15, 0.2) is 12.1 Å². The highest BCUT2D eigenvalue weighted by molar-refractivity contribution is 14.1. The summed E-state index contributed by atoms with van der Waals surface area (Å²) in [5.74, 6) is 1.55. The van der Waals surface area contributed by atoms with Crippen LogP contribution in [-0.4, -0.2) is 47.3 Å². The van der Waals surface area contributed by atoms with Gasteiger partial charge in [-0.3, -0.25) is 0 Å². The summed E-state index contributed by atoms with van der Waals surface area (Å²) in [4.78, 5) is 4.75. The third-order valence-electron chi connectivity index (χ3n) is 4.91. The lowest BCUT2D eigenvalue weighted by Crippen LogP contribution is -2.59. The zero-order chi connectivity index (χ0) is 14.2. The van der Waals surface area contributed by atoms with E-state index in [-0.39, 0.29) is 5.54 Å². The highest BCUT2D eigenvalue weighted by Gasteiger charge is 2.41. The molecule has 0 bridgehead atoms. The second-order valence-corrected chi connectivity index (χ2v) is 7.15. The van der Waals surface area contributed by atoms with E-state index in [4.69, 9.17) is 0 Å². The Morgan fingerprint density at radius 3 is 2.63 bits per heavy atom. The molecular weight excluding hydrogens is 351 g/mol. The van der Waals surface area contributed by atoms with Crippen LogP contribution in [0.2, 0.25) is 0 Å². The van der Waals surface area contributed by atoms with E-state index in [2.05, 4.69) is 83.5 Å². The molecule has 2 heterocycles. The number of likely N-dealkylation sites (tertiary alicyclic amines) is 1. The zero-order valence-electron chi connectivity index (χ0n) is 12.4. The maximum absolute atomic E-state index is 4.31. The van der Waals surface area contributed by atoms with Crippen LogP contribution in [0.4, 0.5) is 5.82 Å². The normalized spacial score (nSPS) is 27.3. The van der Waals surface area contributed by atoms with Gasteiger partial charge >= 0.3 is 0 Å². The van der Waals surface area contributed by atoms with Gasteiger partial charge in [-0.05, 0) is 68.0 Å². The molecule has 5 heteroatoms. The molecule has 2 atom stereocenters. The fourth-order valence-corrected chi connectivity index (χ4v) is 3.17. The van der Waals surface area contributed by atoms with E-state index in [9.17, 15) is 0 Å². The van der Waals surface area contributed by atoms with Crippen LogP contribution in [-0.2, 0) is 0 Å². The molecule has 1 fully saturated rings. The lowest BCUT2D eigenvalue weighted by molar-refractivity contribution is 0.0391. The van der Waals surface area contributed by atoms with Gasteiger partial charge in [0, 0.05) is 25.2 Å². The van der Waals surface area contributed by atoms with Crippen LogP contribution in [0.3, 0.4) is 0 Å². The summed E-state index contributed by atoms with van der Waals surface area (Å²) >= 11 is 2.19. The van der Waals surface area contributed by atoms with Crippen LogP contribution in [0.1, 0.15) is 27.2 Å². The third-order valence-corrected chi connectivity index (χ3v) is 5.49. The maximum Gasteiger partial charge on any atom is 0.151 e. The molecule has 0 spiro atoms. The van der Waals surface area contributed by atoms with Crippen molar-refractivity contribution in [3.8, 4) is 0 Å². The predicted molar refractivity (Wildman–Crippen MR) is 87.4 cm³/mol. The Hall–Kier alpha value is -0.430. The predicted octanol–water partition coefficient (Wildman–Crippen LogP) is 2.64. The second kappa shape index (κ2) is 5.52. The number of nitrogens with zero attached hydrogens (tertiary/aromatic N) is 4. The topological polar surface area (TPSA) is 32.3 Å². The molecule has 4 nitrogen and oxygen atoms in total. The van der Waals surface area contributed by atoms with E-state index in [1.807, 2.05) is 6.07 Å². The summed E-state index contributed by atoms with van der Waals surface area (Å²) in [6, 6.07) is 4.59. The van der Waals surface area contributed by atoms with Crippen molar-refractivity contribution in [3.05, 3.63) is 15.8 Å². The first kappa shape index (κ1) is 15.0. The van der Waals surface area contributed by atoms with E-state index < -0.39 is 0 Å². The first-order valence-electron chi connectivity index (χ1n) is 6.77. The molecular formula is C14H23IN4. The molecule has 0 saturated carbocycles. The Kier molecular flexibility index (Phi) is 4.35. The Morgan fingerprint density at radius 2 is 2.05 bits per heavy atom. The minimum Gasteiger partial charge on any atom is -0.355 e. The van der Waals surface area contributed by atoms with Gasteiger partial charge in [0.15, 0.2) is 5.82 Å². The molecule has 1 aliphatic rings. The summed E-state index contributed by atoms with van der Waals surface area (Å²) in [6.45, 7) is 8.13. The molecule has 0 aliphatic carbocycles. The van der Waals surface area contributed by atoms with Crippen molar-refractivity contribution in [2.24, 2.45) is 5.92 Å². The van der Waals surface area contributed by atoms with Crippen molar-refractivity contribution in [3.63, 3.8) is 0 Å². The molecule has 1 aromatic heterocycles. The Labute approximate surface area is 129 Å². The monoisotopic (exact) mass is 374 g/mol. The van der Waals surface area contributed by atoms with Crippen molar-refractivity contribution in [1.82, 2.24) is 15.1 Å². The van der Waals surface area contributed by atoms with Crippen molar-refractivity contribution < 1.29 is 0 Å². The summed E-state index contributed by atoms with van der Waals surface area (Å²) in [5, 5.41) is 8.47. The highest BCUT2D eigenvalue weighted by Crippen LogP contribution is 2.35. The fourth-order valence-electron chi connectivity index (χ4n) is 2.88. The van der Waals surface area contributed by atoms with Gasteiger partial charge in [0.2, 0.25) is 0 Å². The molecule has 0 aromatic carbocycles. The first-order chi connectivity index (χ1) is 8.84. The van der Waals surface area contributed by atoms with E-state index in [0.717, 1.165) is 16.1 Å². The lowest BCUT2D eigenvalue weighted by atomic mass is 9.77. The maximum atomic E-state index is 4.31. The molecule has 0 amide bonds. The molecule has 1 aliphatic heterocycles. The number of hydrogen-bond donors (Lipinski definition) is 0. The average Bonchev–Trinajstić information content (AvgIpc) is 2.37. The molecule has 19 heavy (non-hydrogen) atoms. The molecule has 0 N–H and O–H groups in total. The molecule has 106 valence electrons. The van der Waals surface area contributed by atoms with Gasteiger partial charge in [-0.2, -0.15) is 0 Å². The van der Waals surface area contributed by atoms with Gasteiger partial charge < -0.3 is 9.80 Å². The summed E-state index contributed by atoms with van der Waals surface area (Å²) in [7, 11) is 4.36. The van der Waals surface area contributed by atoms with E-state index >= 15 is 0 Å². The minimum absolute atomic E-state index is 0.216. The molecule has 0 radical (unpaired) electrons. The van der Waals surface area contributed by atoms with Crippen molar-refractivity contribution in [1.29, 1.82) is 0 Å². The van der Waals surface area contributed by atoms with Crippen LogP contribution in [0, 0.1) is 9.62 Å². The van der Waals surface area contributed by atoms with Gasteiger partial charge in [-0.15, -0.1) is 10.2 Å². The number of anilines is 1. The number of halogens is 1. The average molecular weight is 374 g/mol. The first-order valence-corrected chi connectivity index (χ1v) is 7.85. The van der Waals surface area contributed by atoms with Gasteiger partial charge in [0.25, 0.3) is 0 Å². The smallest absolute Gasteiger partial charge is 0.151 e. The highest BCUT2D eigenvalue weighted by atomic mass is 127. The van der Waals surface area contributed by atoms with Gasteiger partial charge in [0.05, 0.1) is 0 Å². The minimum atomic E-state index is 0.216. The standard InChI is InChI=1S/C14H23IN4/c1-10-11(8-9-18(4)14(10,2)3)19(5)13-7-6-12(15)16-17-13/h6-7,10-11H,8-9H2,1-5H3. The summed E-state index contributed by atoms with van der Waals surface area (Å²) in [5.41, 5.74) is 0.216. The zero-order valence-corrected chi connectivity index (χ0v) is 14.5. The van der Waals surface area contributed by atoms with Crippen molar-refractivity contribution in [2.45, 2.75) is 38.8 Å². The largest absolute Gasteiger partial charge is 0.355 e. The Morgan fingerprint density at radius 1 is 1.37 bits per heavy atom. The molecule has 1 saturated heterocycles. The van der Waals surface area contributed by atoms with E-state index in [1.165, 1.54) is 6.42 Å². The van der Waals surface area contributed by atoms with Crippen molar-refractivity contribution in [2.75, 3.05) is 25.5 Å². The SMILES string of the molecule is CC1C(N(C)c2ccc(I)nn2)CCN(C)C1(C)C. The third kappa shape index (κ3) is 2.86. The fraction of sp³-hybridized carbons (Fsp3) is 0.714.